The second kappa shape index (κ2) is 14.0. The van der Waals surface area contributed by atoms with Crippen LogP contribution in [0.25, 0.3) is 11.1 Å². The van der Waals surface area contributed by atoms with E-state index in [1.807, 2.05) is 66.7 Å². The smallest absolute Gasteiger partial charge is 0.131 e. The van der Waals surface area contributed by atoms with Gasteiger partial charge in [0, 0.05) is 11.6 Å². The molecule has 0 fully saturated rings. The van der Waals surface area contributed by atoms with Gasteiger partial charge in [-0.2, -0.15) is 5.26 Å². The van der Waals surface area contributed by atoms with E-state index in [1.54, 1.807) is 12.1 Å². The van der Waals surface area contributed by atoms with Crippen LogP contribution < -0.4 is 9.47 Å². The maximum absolute atomic E-state index is 13.6. The lowest BCUT2D eigenvalue weighted by Gasteiger charge is -2.18. The number of hydrogen-bond donors (Lipinski definition) is 0. The van der Waals surface area contributed by atoms with Crippen LogP contribution in [-0.2, 0) is 13.0 Å². The molecule has 0 saturated carbocycles. The average molecular weight is 508 g/mol. The quantitative estimate of drug-likeness (QED) is 0.170. The molecular weight excluding hydrogens is 473 g/mol. The largest absolute Gasteiger partial charge is 0.493 e. The summed E-state index contributed by atoms with van der Waals surface area (Å²) in [5, 5.41) is 9.54. The highest BCUT2D eigenvalue weighted by molar-refractivity contribution is 5.73. The van der Waals surface area contributed by atoms with Crippen molar-refractivity contribution in [2.24, 2.45) is 0 Å². The number of aryl methyl sites for hydroxylation is 1. The summed E-state index contributed by atoms with van der Waals surface area (Å²) in [5.74, 6) is 1.21. The molecule has 0 spiro atoms. The minimum absolute atomic E-state index is 0.0628. The summed E-state index contributed by atoms with van der Waals surface area (Å²) in [7, 11) is 0. The third kappa shape index (κ3) is 7.46. The minimum atomic E-state index is -0.263. The van der Waals surface area contributed by atoms with Gasteiger partial charge >= 0.3 is 0 Å². The first-order chi connectivity index (χ1) is 18.7. The second-order valence-corrected chi connectivity index (χ2v) is 9.38. The fraction of sp³-hybridized carbons (Fsp3) is 0.265. The van der Waals surface area contributed by atoms with Crippen molar-refractivity contribution in [1.29, 1.82) is 5.26 Å². The predicted octanol–water partition coefficient (Wildman–Crippen LogP) is 8.88. The van der Waals surface area contributed by atoms with Crippen LogP contribution >= 0.6 is 0 Å². The molecule has 194 valence electrons. The van der Waals surface area contributed by atoms with Crippen molar-refractivity contribution in [3.63, 3.8) is 0 Å². The number of nitrogens with zero attached hydrogens (tertiary/aromatic N) is 1. The molecule has 0 amide bonds. The molecular formula is C34H34FNO2. The Bertz CT molecular complexity index is 1310. The zero-order chi connectivity index (χ0) is 26.6. The molecule has 38 heavy (non-hydrogen) atoms. The Labute approximate surface area is 225 Å². The van der Waals surface area contributed by atoms with E-state index in [2.05, 4.69) is 19.1 Å². The van der Waals surface area contributed by atoms with Crippen LogP contribution in [-0.4, -0.2) is 6.61 Å². The molecule has 0 aliphatic heterocycles. The van der Waals surface area contributed by atoms with Crippen molar-refractivity contribution >= 4 is 0 Å². The van der Waals surface area contributed by atoms with E-state index in [0.29, 0.717) is 19.0 Å². The maximum atomic E-state index is 13.6. The molecule has 4 rings (SSSR count). The van der Waals surface area contributed by atoms with E-state index >= 15 is 0 Å². The van der Waals surface area contributed by atoms with E-state index in [1.165, 1.54) is 12.1 Å². The van der Waals surface area contributed by atoms with Crippen LogP contribution in [0, 0.1) is 17.1 Å². The molecule has 0 heterocycles. The minimum Gasteiger partial charge on any atom is -0.493 e. The molecule has 4 aromatic rings. The number of nitriles is 1. The van der Waals surface area contributed by atoms with E-state index in [4.69, 9.17) is 9.47 Å². The Morgan fingerprint density at radius 2 is 1.50 bits per heavy atom. The maximum Gasteiger partial charge on any atom is 0.131 e. The molecule has 0 aliphatic carbocycles. The summed E-state index contributed by atoms with van der Waals surface area (Å²) in [6.07, 6.45) is 4.55. The number of halogens is 1. The molecule has 0 saturated heterocycles. The van der Waals surface area contributed by atoms with Crippen molar-refractivity contribution in [3.8, 4) is 28.7 Å². The lowest BCUT2D eigenvalue weighted by molar-refractivity contribution is 0.288. The first-order valence-electron chi connectivity index (χ1n) is 13.3. The Balaban J connectivity index is 1.41. The van der Waals surface area contributed by atoms with E-state index in [-0.39, 0.29) is 11.7 Å². The highest BCUT2D eigenvalue weighted by Gasteiger charge is 2.14. The normalized spacial score (nSPS) is 11.5. The summed E-state index contributed by atoms with van der Waals surface area (Å²) >= 11 is 0. The number of benzene rings is 4. The van der Waals surface area contributed by atoms with Gasteiger partial charge in [0.2, 0.25) is 0 Å². The first kappa shape index (κ1) is 26.9. The Hall–Kier alpha value is -4.10. The van der Waals surface area contributed by atoms with Gasteiger partial charge < -0.3 is 9.47 Å². The Kier molecular flexibility index (Phi) is 9.93. The van der Waals surface area contributed by atoms with Crippen molar-refractivity contribution in [1.82, 2.24) is 0 Å². The molecule has 3 nitrogen and oxygen atoms in total. The van der Waals surface area contributed by atoms with Crippen molar-refractivity contribution < 1.29 is 13.9 Å². The average Bonchev–Trinajstić information content (AvgIpc) is 2.97. The van der Waals surface area contributed by atoms with Gasteiger partial charge in [-0.25, -0.2) is 4.39 Å². The number of unbranched alkanes of at least 4 members (excludes halogenated alkanes) is 2. The first-order valence-corrected chi connectivity index (χ1v) is 13.3. The number of rotatable bonds is 13. The third-order valence-corrected chi connectivity index (χ3v) is 6.69. The zero-order valence-electron chi connectivity index (χ0n) is 21.9. The van der Waals surface area contributed by atoms with Crippen molar-refractivity contribution in [2.45, 2.75) is 51.6 Å². The van der Waals surface area contributed by atoms with Crippen LogP contribution in [0.1, 0.15) is 55.2 Å². The van der Waals surface area contributed by atoms with Gasteiger partial charge in [0.05, 0.1) is 18.6 Å². The third-order valence-electron chi connectivity index (χ3n) is 6.69. The Morgan fingerprint density at radius 1 is 0.789 bits per heavy atom. The van der Waals surface area contributed by atoms with Crippen LogP contribution in [0.4, 0.5) is 4.39 Å². The van der Waals surface area contributed by atoms with Gasteiger partial charge in [0.1, 0.15) is 23.9 Å². The summed E-state index contributed by atoms with van der Waals surface area (Å²) in [6.45, 7) is 3.14. The molecule has 0 radical (unpaired) electrons. The van der Waals surface area contributed by atoms with E-state index in [0.717, 1.165) is 65.7 Å². The van der Waals surface area contributed by atoms with Crippen molar-refractivity contribution in [2.75, 3.05) is 6.61 Å². The topological polar surface area (TPSA) is 42.2 Å². The predicted molar refractivity (Wildman–Crippen MR) is 151 cm³/mol. The van der Waals surface area contributed by atoms with Crippen LogP contribution in [0.2, 0.25) is 0 Å². The molecule has 4 heteroatoms. The van der Waals surface area contributed by atoms with Gasteiger partial charge in [-0.3, -0.25) is 0 Å². The fourth-order valence-corrected chi connectivity index (χ4v) is 4.53. The van der Waals surface area contributed by atoms with Crippen LogP contribution in [0.15, 0.2) is 97.1 Å². The van der Waals surface area contributed by atoms with Gasteiger partial charge in [0.25, 0.3) is 0 Å². The number of ether oxygens (including phenoxy) is 2. The van der Waals surface area contributed by atoms with Gasteiger partial charge in [-0.15, -0.1) is 0 Å². The lowest BCUT2D eigenvalue weighted by Crippen LogP contribution is -2.03. The van der Waals surface area contributed by atoms with E-state index in [9.17, 15) is 9.65 Å². The van der Waals surface area contributed by atoms with Crippen LogP contribution in [0.3, 0.4) is 0 Å². The zero-order valence-corrected chi connectivity index (χ0v) is 21.9. The molecule has 0 N–H and O–H groups in total. The van der Waals surface area contributed by atoms with Crippen molar-refractivity contribution in [3.05, 3.63) is 120 Å². The van der Waals surface area contributed by atoms with Gasteiger partial charge in [-0.1, -0.05) is 92.6 Å². The molecule has 1 unspecified atom stereocenters. The van der Waals surface area contributed by atoms with E-state index < -0.39 is 0 Å². The fourth-order valence-electron chi connectivity index (χ4n) is 4.53. The van der Waals surface area contributed by atoms with Gasteiger partial charge in [-0.05, 0) is 59.7 Å². The summed E-state index contributed by atoms with van der Waals surface area (Å²) in [6, 6.07) is 33.0. The summed E-state index contributed by atoms with van der Waals surface area (Å²) < 4.78 is 26.1. The molecule has 1 atom stereocenters. The summed E-state index contributed by atoms with van der Waals surface area (Å²) in [5.41, 5.74) is 5.08. The lowest BCUT2D eigenvalue weighted by atomic mass is 9.95. The second-order valence-electron chi connectivity index (χ2n) is 9.38. The highest BCUT2D eigenvalue weighted by atomic mass is 19.1. The SMILES string of the molecule is CCc1cc(-c2ccc(F)cc2)c(OCc2ccccc2)cc1OCCCCCC(C#N)c1ccccc1. The standard InChI is InChI=1S/C34H34FNO2/c1-2-27-22-32(29-17-19-31(35)20-18-29)34(38-25-26-12-6-3-7-13-26)23-33(27)37-21-11-5-10-16-30(24-36)28-14-8-4-9-15-28/h3-4,6-9,12-15,17-20,22-23,30H,2,5,10-11,16,21,25H2,1H3. The monoisotopic (exact) mass is 507 g/mol. The highest BCUT2D eigenvalue weighted by Crippen LogP contribution is 2.37. The Morgan fingerprint density at radius 3 is 2.18 bits per heavy atom. The van der Waals surface area contributed by atoms with Gasteiger partial charge in [0.15, 0.2) is 0 Å². The molecule has 0 aliphatic rings. The number of hydrogen-bond acceptors (Lipinski definition) is 3. The molecule has 0 aromatic heterocycles. The summed E-state index contributed by atoms with van der Waals surface area (Å²) in [4.78, 5) is 0. The molecule has 0 bridgehead atoms. The molecule has 4 aromatic carbocycles. The van der Waals surface area contributed by atoms with Crippen LogP contribution in [0.5, 0.6) is 11.5 Å².